The number of benzene rings is 2. The Morgan fingerprint density at radius 1 is 0.889 bits per heavy atom. The van der Waals surface area contributed by atoms with Crippen molar-refractivity contribution in [2.24, 2.45) is 0 Å². The van der Waals surface area contributed by atoms with Gasteiger partial charge >= 0.3 is 0 Å². The summed E-state index contributed by atoms with van der Waals surface area (Å²) in [5.74, 6) is 0.888. The monoisotopic (exact) mass is 241 g/mol. The summed E-state index contributed by atoms with van der Waals surface area (Å²) < 4.78 is 5.16. The van der Waals surface area contributed by atoms with Crippen molar-refractivity contribution < 1.29 is 4.74 Å². The topological polar surface area (TPSA) is 21.3 Å². The number of hydrogen-bond acceptors (Lipinski definition) is 2. The lowest BCUT2D eigenvalue weighted by atomic mass is 10.0. The molecule has 18 heavy (non-hydrogen) atoms. The van der Waals surface area contributed by atoms with Gasteiger partial charge in [0.25, 0.3) is 0 Å². The van der Waals surface area contributed by atoms with E-state index in [1.807, 2.05) is 19.2 Å². The molecule has 0 saturated carbocycles. The Kier molecular flexibility index (Phi) is 4.00. The standard InChI is InChI=1S/C16H19NO/c1-12(17-2)13-4-6-14(7-5-13)15-8-10-16(18-3)11-9-15/h4-12,17H,1-3H3/t12-/m0/s1. The molecule has 0 aromatic heterocycles. The predicted octanol–water partition coefficient (Wildman–Crippen LogP) is 3.64. The molecule has 1 atom stereocenters. The fourth-order valence-corrected chi connectivity index (χ4v) is 1.91. The molecular formula is C16H19NO. The molecule has 0 aliphatic carbocycles. The van der Waals surface area contributed by atoms with Crippen LogP contribution < -0.4 is 10.1 Å². The van der Waals surface area contributed by atoms with Crippen LogP contribution in [0.2, 0.25) is 0 Å². The number of hydrogen-bond donors (Lipinski definition) is 1. The van der Waals surface area contributed by atoms with Crippen molar-refractivity contribution in [2.45, 2.75) is 13.0 Å². The van der Waals surface area contributed by atoms with E-state index in [0.717, 1.165) is 5.75 Å². The number of methoxy groups -OCH3 is 1. The highest BCUT2D eigenvalue weighted by atomic mass is 16.5. The zero-order valence-corrected chi connectivity index (χ0v) is 11.1. The second-order valence-corrected chi connectivity index (χ2v) is 4.36. The fourth-order valence-electron chi connectivity index (χ4n) is 1.91. The third kappa shape index (κ3) is 2.71. The van der Waals surface area contributed by atoms with E-state index in [-0.39, 0.29) is 0 Å². The Balaban J connectivity index is 2.22. The molecule has 2 aromatic carbocycles. The van der Waals surface area contributed by atoms with Crippen LogP contribution in [0.4, 0.5) is 0 Å². The minimum Gasteiger partial charge on any atom is -0.497 e. The molecular weight excluding hydrogens is 222 g/mol. The van der Waals surface area contributed by atoms with Crippen LogP contribution in [-0.2, 0) is 0 Å². The summed E-state index contributed by atoms with van der Waals surface area (Å²) in [4.78, 5) is 0. The Labute approximate surface area is 109 Å². The third-order valence-corrected chi connectivity index (χ3v) is 3.27. The van der Waals surface area contributed by atoms with Gasteiger partial charge < -0.3 is 10.1 Å². The largest absolute Gasteiger partial charge is 0.497 e. The second kappa shape index (κ2) is 5.69. The number of ether oxygens (including phenoxy) is 1. The highest BCUT2D eigenvalue weighted by molar-refractivity contribution is 5.64. The quantitative estimate of drug-likeness (QED) is 0.882. The lowest BCUT2D eigenvalue weighted by Crippen LogP contribution is -2.11. The summed E-state index contributed by atoms with van der Waals surface area (Å²) in [6.45, 7) is 2.16. The summed E-state index contributed by atoms with van der Waals surface area (Å²) in [7, 11) is 3.66. The van der Waals surface area contributed by atoms with Crippen molar-refractivity contribution in [1.29, 1.82) is 0 Å². The lowest BCUT2D eigenvalue weighted by Gasteiger charge is -2.11. The molecule has 0 aliphatic heterocycles. The van der Waals surface area contributed by atoms with Gasteiger partial charge in [0.1, 0.15) is 5.75 Å². The minimum absolute atomic E-state index is 0.384. The van der Waals surface area contributed by atoms with Crippen molar-refractivity contribution in [3.8, 4) is 16.9 Å². The van der Waals surface area contributed by atoms with Gasteiger partial charge in [0, 0.05) is 6.04 Å². The van der Waals surface area contributed by atoms with Gasteiger partial charge in [-0.25, -0.2) is 0 Å². The maximum atomic E-state index is 5.16. The zero-order chi connectivity index (χ0) is 13.0. The molecule has 0 heterocycles. The number of rotatable bonds is 4. The molecule has 94 valence electrons. The van der Waals surface area contributed by atoms with Crippen molar-refractivity contribution in [2.75, 3.05) is 14.2 Å². The van der Waals surface area contributed by atoms with Gasteiger partial charge in [0.05, 0.1) is 7.11 Å². The second-order valence-electron chi connectivity index (χ2n) is 4.36. The molecule has 2 rings (SSSR count). The fraction of sp³-hybridized carbons (Fsp3) is 0.250. The van der Waals surface area contributed by atoms with E-state index in [9.17, 15) is 0 Å². The molecule has 0 amide bonds. The van der Waals surface area contributed by atoms with Crippen LogP contribution in [0.15, 0.2) is 48.5 Å². The molecule has 0 bridgehead atoms. The first kappa shape index (κ1) is 12.7. The third-order valence-electron chi connectivity index (χ3n) is 3.27. The van der Waals surface area contributed by atoms with Gasteiger partial charge in [-0.2, -0.15) is 0 Å². The SMILES string of the molecule is CN[C@@H](C)c1ccc(-c2ccc(OC)cc2)cc1. The van der Waals surface area contributed by atoms with E-state index in [2.05, 4.69) is 48.6 Å². The van der Waals surface area contributed by atoms with Crippen molar-refractivity contribution >= 4 is 0 Å². The average Bonchev–Trinajstić information content (AvgIpc) is 2.47. The smallest absolute Gasteiger partial charge is 0.118 e. The molecule has 1 N–H and O–H groups in total. The normalized spacial score (nSPS) is 12.2. The first-order valence-electron chi connectivity index (χ1n) is 6.16. The highest BCUT2D eigenvalue weighted by Gasteiger charge is 2.03. The van der Waals surface area contributed by atoms with Crippen molar-refractivity contribution in [3.63, 3.8) is 0 Å². The van der Waals surface area contributed by atoms with Crippen LogP contribution >= 0.6 is 0 Å². The van der Waals surface area contributed by atoms with Gasteiger partial charge in [-0.05, 0) is 42.8 Å². The minimum atomic E-state index is 0.384. The lowest BCUT2D eigenvalue weighted by molar-refractivity contribution is 0.415. The Hall–Kier alpha value is -1.80. The van der Waals surface area contributed by atoms with Gasteiger partial charge in [-0.3, -0.25) is 0 Å². The molecule has 0 fully saturated rings. The van der Waals surface area contributed by atoms with Crippen LogP contribution in [-0.4, -0.2) is 14.2 Å². The Bertz CT molecular complexity index is 488. The van der Waals surface area contributed by atoms with Crippen LogP contribution in [0, 0.1) is 0 Å². The van der Waals surface area contributed by atoms with Crippen LogP contribution in [0.3, 0.4) is 0 Å². The highest BCUT2D eigenvalue weighted by Crippen LogP contribution is 2.24. The summed E-state index contributed by atoms with van der Waals surface area (Å²) in [5.41, 5.74) is 3.74. The maximum Gasteiger partial charge on any atom is 0.118 e. The van der Waals surface area contributed by atoms with E-state index >= 15 is 0 Å². The summed E-state index contributed by atoms with van der Waals surface area (Å²) in [6.07, 6.45) is 0. The van der Waals surface area contributed by atoms with Crippen molar-refractivity contribution in [1.82, 2.24) is 5.32 Å². The van der Waals surface area contributed by atoms with Crippen LogP contribution in [0.25, 0.3) is 11.1 Å². The first-order valence-corrected chi connectivity index (χ1v) is 6.16. The first-order chi connectivity index (χ1) is 8.74. The van der Waals surface area contributed by atoms with Gasteiger partial charge in [0.15, 0.2) is 0 Å². The van der Waals surface area contributed by atoms with Gasteiger partial charge in [0.2, 0.25) is 0 Å². The average molecular weight is 241 g/mol. The molecule has 0 radical (unpaired) electrons. The number of nitrogens with one attached hydrogen (secondary N) is 1. The molecule has 0 spiro atoms. The molecule has 2 heteroatoms. The van der Waals surface area contributed by atoms with E-state index in [0.29, 0.717) is 6.04 Å². The van der Waals surface area contributed by atoms with E-state index in [1.165, 1.54) is 16.7 Å². The van der Waals surface area contributed by atoms with E-state index in [1.54, 1.807) is 7.11 Å². The molecule has 0 aliphatic rings. The van der Waals surface area contributed by atoms with Crippen LogP contribution in [0.5, 0.6) is 5.75 Å². The maximum absolute atomic E-state index is 5.16. The summed E-state index contributed by atoms with van der Waals surface area (Å²) in [5, 5.41) is 3.24. The summed E-state index contributed by atoms with van der Waals surface area (Å²) >= 11 is 0. The van der Waals surface area contributed by atoms with Crippen LogP contribution in [0.1, 0.15) is 18.5 Å². The molecule has 2 nitrogen and oxygen atoms in total. The molecule has 2 aromatic rings. The van der Waals surface area contributed by atoms with E-state index < -0.39 is 0 Å². The molecule has 0 saturated heterocycles. The van der Waals surface area contributed by atoms with E-state index in [4.69, 9.17) is 4.74 Å². The molecule has 0 unspecified atom stereocenters. The summed E-state index contributed by atoms with van der Waals surface area (Å²) in [6, 6.07) is 17.2. The Morgan fingerprint density at radius 2 is 1.39 bits per heavy atom. The van der Waals surface area contributed by atoms with Crippen molar-refractivity contribution in [3.05, 3.63) is 54.1 Å². The van der Waals surface area contributed by atoms with Gasteiger partial charge in [-0.1, -0.05) is 36.4 Å². The zero-order valence-electron chi connectivity index (χ0n) is 11.1. The Morgan fingerprint density at radius 3 is 1.83 bits per heavy atom. The predicted molar refractivity (Wildman–Crippen MR) is 75.9 cm³/mol. The van der Waals surface area contributed by atoms with Gasteiger partial charge in [-0.15, -0.1) is 0 Å².